The zero-order valence-corrected chi connectivity index (χ0v) is 21.5. The summed E-state index contributed by atoms with van der Waals surface area (Å²) in [4.78, 5) is 38.3. The average molecular weight is 478 g/mol. The van der Waals surface area contributed by atoms with Gasteiger partial charge in [-0.1, -0.05) is 43.5 Å². The zero-order chi connectivity index (χ0) is 24.9. The first-order valence-corrected chi connectivity index (χ1v) is 13.1. The molecule has 3 atom stereocenters. The Morgan fingerprint density at radius 3 is 2.49 bits per heavy atom. The summed E-state index contributed by atoms with van der Waals surface area (Å²) in [5.41, 5.74) is 4.03. The van der Waals surface area contributed by atoms with Crippen molar-refractivity contribution in [2.24, 2.45) is 5.92 Å². The maximum Gasteiger partial charge on any atom is 0.246 e. The van der Waals surface area contributed by atoms with Crippen LogP contribution >= 0.6 is 0 Å². The maximum absolute atomic E-state index is 14.0. The Morgan fingerprint density at radius 1 is 1.03 bits per heavy atom. The van der Waals surface area contributed by atoms with Crippen molar-refractivity contribution in [3.05, 3.63) is 47.4 Å². The number of nitrogens with zero attached hydrogens (tertiary/aromatic N) is 3. The van der Waals surface area contributed by atoms with Gasteiger partial charge in [0, 0.05) is 12.1 Å². The number of carbonyl (C=O) groups excluding carboxylic acids is 2. The van der Waals surface area contributed by atoms with Crippen molar-refractivity contribution in [3.8, 4) is 11.3 Å². The lowest BCUT2D eigenvalue weighted by Crippen LogP contribution is -2.55. The van der Waals surface area contributed by atoms with Crippen molar-refractivity contribution in [3.63, 3.8) is 0 Å². The Morgan fingerprint density at radius 2 is 1.77 bits per heavy atom. The van der Waals surface area contributed by atoms with Crippen LogP contribution in [0.4, 0.5) is 0 Å². The van der Waals surface area contributed by atoms with Crippen molar-refractivity contribution >= 4 is 11.8 Å². The molecule has 1 aliphatic carbocycles. The number of hydrogen-bond acceptors (Lipinski definition) is 5. The first kappa shape index (κ1) is 25.3. The summed E-state index contributed by atoms with van der Waals surface area (Å²) in [6.07, 6.45) is 7.18. The lowest BCUT2D eigenvalue weighted by molar-refractivity contribution is -0.139. The van der Waals surface area contributed by atoms with E-state index < -0.39 is 6.04 Å². The van der Waals surface area contributed by atoms with Crippen molar-refractivity contribution in [2.45, 2.75) is 83.8 Å². The van der Waals surface area contributed by atoms with Gasteiger partial charge in [0.2, 0.25) is 11.8 Å². The van der Waals surface area contributed by atoms with Crippen LogP contribution in [0.15, 0.2) is 30.3 Å². The van der Waals surface area contributed by atoms with Crippen LogP contribution in [0.3, 0.4) is 0 Å². The predicted octanol–water partition coefficient (Wildman–Crippen LogP) is 4.10. The molecule has 2 fully saturated rings. The van der Waals surface area contributed by atoms with Crippen LogP contribution in [0, 0.1) is 19.8 Å². The maximum atomic E-state index is 14.0. The van der Waals surface area contributed by atoms with Crippen LogP contribution in [0.2, 0.25) is 0 Å². The van der Waals surface area contributed by atoms with Gasteiger partial charge in [-0.05, 0) is 71.0 Å². The van der Waals surface area contributed by atoms with Gasteiger partial charge in [0.15, 0.2) is 0 Å². The molecule has 2 N–H and O–H groups in total. The number of aromatic nitrogens is 2. The molecule has 1 aliphatic heterocycles. The first-order valence-electron chi connectivity index (χ1n) is 13.1. The molecule has 2 heterocycles. The van der Waals surface area contributed by atoms with Gasteiger partial charge in [-0.25, -0.2) is 9.97 Å². The van der Waals surface area contributed by atoms with Gasteiger partial charge < -0.3 is 15.5 Å². The van der Waals surface area contributed by atoms with E-state index in [2.05, 4.69) is 29.7 Å². The summed E-state index contributed by atoms with van der Waals surface area (Å²) in [5, 5.41) is 6.11. The van der Waals surface area contributed by atoms with E-state index in [1.165, 1.54) is 6.42 Å². The number of carbonyl (C=O) groups is 2. The first-order chi connectivity index (χ1) is 16.9. The number of amides is 2. The highest BCUT2D eigenvalue weighted by atomic mass is 16.2. The van der Waals surface area contributed by atoms with E-state index in [-0.39, 0.29) is 29.8 Å². The van der Waals surface area contributed by atoms with Gasteiger partial charge in [0.05, 0.1) is 23.5 Å². The van der Waals surface area contributed by atoms with Crippen molar-refractivity contribution < 1.29 is 9.59 Å². The van der Waals surface area contributed by atoms with Crippen LogP contribution in [0.1, 0.15) is 75.0 Å². The Balaban J connectivity index is 1.62. The summed E-state index contributed by atoms with van der Waals surface area (Å²) in [7, 11) is 1.77. The summed E-state index contributed by atoms with van der Waals surface area (Å²) in [6, 6.07) is 9.33. The molecular weight excluding hydrogens is 438 g/mol. The molecule has 1 aromatic carbocycles. The number of rotatable bonds is 7. The zero-order valence-electron chi connectivity index (χ0n) is 21.5. The molecule has 35 heavy (non-hydrogen) atoms. The van der Waals surface area contributed by atoms with E-state index in [4.69, 9.17) is 9.97 Å². The Bertz CT molecular complexity index is 1050. The summed E-state index contributed by atoms with van der Waals surface area (Å²) in [5.74, 6) is 0.803. The van der Waals surface area contributed by atoms with Crippen molar-refractivity contribution in [1.82, 2.24) is 25.5 Å². The molecule has 7 heteroatoms. The highest BCUT2D eigenvalue weighted by Crippen LogP contribution is 2.35. The van der Waals surface area contributed by atoms with Crippen LogP contribution in [-0.4, -0.2) is 52.4 Å². The summed E-state index contributed by atoms with van der Waals surface area (Å²) < 4.78 is 0. The second-order valence-electron chi connectivity index (χ2n) is 10.1. The molecule has 4 rings (SSSR count). The molecule has 1 saturated heterocycles. The number of likely N-dealkylation sites (tertiary alicyclic amines) is 1. The van der Waals surface area contributed by atoms with E-state index in [0.717, 1.165) is 61.0 Å². The number of aryl methyl sites for hydroxylation is 2. The van der Waals surface area contributed by atoms with Crippen molar-refractivity contribution in [1.29, 1.82) is 0 Å². The fourth-order valence-electron chi connectivity index (χ4n) is 5.53. The molecule has 0 radical (unpaired) electrons. The Labute approximate surface area is 209 Å². The smallest absolute Gasteiger partial charge is 0.246 e. The SMILES string of the molecule is CNC(C)C(=O)NC(C(=O)N1CCCC1c1cc(-c2ccccc2C)nc(C)n1)C1CCCCC1. The monoisotopic (exact) mass is 477 g/mol. The summed E-state index contributed by atoms with van der Waals surface area (Å²) in [6.45, 7) is 6.51. The van der Waals surface area contributed by atoms with E-state index in [1.807, 2.05) is 36.9 Å². The number of hydrogen-bond donors (Lipinski definition) is 2. The molecular formula is C28H39N5O2. The highest BCUT2D eigenvalue weighted by molar-refractivity contribution is 5.90. The lowest BCUT2D eigenvalue weighted by atomic mass is 9.83. The standard InChI is InChI=1S/C28H39N5O2/c1-18-11-8-9-14-22(18)23-17-24(31-20(3)30-23)25-15-10-16-33(25)28(35)26(21-12-6-5-7-13-21)32-27(34)19(2)29-4/h8-9,11,14,17,19,21,25-26,29H,5-7,10,12-13,15-16H2,1-4H3,(H,32,34). The van der Waals surface area contributed by atoms with E-state index in [0.29, 0.717) is 12.4 Å². The van der Waals surface area contributed by atoms with Gasteiger partial charge in [0.25, 0.3) is 0 Å². The minimum Gasteiger partial charge on any atom is -0.343 e. The van der Waals surface area contributed by atoms with Crippen LogP contribution in [0.5, 0.6) is 0 Å². The van der Waals surface area contributed by atoms with Crippen molar-refractivity contribution in [2.75, 3.05) is 13.6 Å². The second kappa shape index (κ2) is 11.3. The third kappa shape index (κ3) is 5.72. The molecule has 7 nitrogen and oxygen atoms in total. The molecule has 188 valence electrons. The number of likely N-dealkylation sites (N-methyl/N-ethyl adjacent to an activating group) is 1. The van der Waals surface area contributed by atoms with Gasteiger partial charge in [-0.3, -0.25) is 9.59 Å². The normalized spacial score (nSPS) is 20.5. The molecule has 2 amide bonds. The van der Waals surface area contributed by atoms with Gasteiger partial charge >= 0.3 is 0 Å². The minimum atomic E-state index is -0.488. The van der Waals surface area contributed by atoms with E-state index >= 15 is 0 Å². The lowest BCUT2D eigenvalue weighted by Gasteiger charge is -2.35. The third-order valence-corrected chi connectivity index (χ3v) is 7.67. The van der Waals surface area contributed by atoms with E-state index in [1.54, 1.807) is 7.05 Å². The molecule has 0 spiro atoms. The van der Waals surface area contributed by atoms with E-state index in [9.17, 15) is 9.59 Å². The average Bonchev–Trinajstić information content (AvgIpc) is 3.37. The fraction of sp³-hybridized carbons (Fsp3) is 0.571. The van der Waals surface area contributed by atoms with Gasteiger partial charge in [-0.2, -0.15) is 0 Å². The quantitative estimate of drug-likeness (QED) is 0.627. The molecule has 1 saturated carbocycles. The van der Waals surface area contributed by atoms with Crippen LogP contribution in [0.25, 0.3) is 11.3 Å². The second-order valence-corrected chi connectivity index (χ2v) is 10.1. The molecule has 1 aromatic heterocycles. The molecule has 3 unspecified atom stereocenters. The summed E-state index contributed by atoms with van der Waals surface area (Å²) >= 11 is 0. The Hall–Kier alpha value is -2.80. The third-order valence-electron chi connectivity index (χ3n) is 7.67. The van der Waals surface area contributed by atoms with Gasteiger partial charge in [-0.15, -0.1) is 0 Å². The fourth-order valence-corrected chi connectivity index (χ4v) is 5.53. The highest BCUT2D eigenvalue weighted by Gasteiger charge is 2.39. The topological polar surface area (TPSA) is 87.2 Å². The van der Waals surface area contributed by atoms with Crippen LogP contribution < -0.4 is 10.6 Å². The minimum absolute atomic E-state index is 0.0322. The number of nitrogens with one attached hydrogen (secondary N) is 2. The number of benzene rings is 1. The Kier molecular flexibility index (Phi) is 8.16. The molecule has 2 aromatic rings. The largest absolute Gasteiger partial charge is 0.343 e. The van der Waals surface area contributed by atoms with Crippen LogP contribution in [-0.2, 0) is 9.59 Å². The predicted molar refractivity (Wildman–Crippen MR) is 138 cm³/mol. The van der Waals surface area contributed by atoms with Gasteiger partial charge in [0.1, 0.15) is 11.9 Å². The molecule has 0 bridgehead atoms. The molecule has 2 aliphatic rings.